The quantitative estimate of drug-likeness (QED) is 0.154. The lowest BCUT2D eigenvalue weighted by Crippen LogP contribution is -2.53. The zero-order chi connectivity index (χ0) is 31.7. The van der Waals surface area contributed by atoms with Gasteiger partial charge in [0.25, 0.3) is 10.0 Å². The highest BCUT2D eigenvalue weighted by Crippen LogP contribution is 2.26. The average Bonchev–Trinajstić information content (AvgIpc) is 3.01. The van der Waals surface area contributed by atoms with Crippen LogP contribution in [0.3, 0.4) is 0 Å². The number of nitrogens with one attached hydrogen (secondary N) is 1. The van der Waals surface area contributed by atoms with Crippen molar-refractivity contribution < 1.29 is 18.0 Å². The third kappa shape index (κ3) is 9.15. The molecule has 0 heterocycles. The van der Waals surface area contributed by atoms with Crippen molar-refractivity contribution in [2.75, 3.05) is 17.4 Å². The van der Waals surface area contributed by atoms with E-state index in [9.17, 15) is 18.0 Å². The van der Waals surface area contributed by atoms with Gasteiger partial charge in [0.15, 0.2) is 0 Å². The molecular formula is C34H35BrIN3O4S. The summed E-state index contributed by atoms with van der Waals surface area (Å²) >= 11 is 5.66. The number of carbonyl (C=O) groups excluding carboxylic acids is 2. The number of carbonyl (C=O) groups is 2. The van der Waals surface area contributed by atoms with Crippen LogP contribution < -0.4 is 9.62 Å². The van der Waals surface area contributed by atoms with E-state index in [0.29, 0.717) is 12.2 Å². The van der Waals surface area contributed by atoms with Crippen LogP contribution in [0.5, 0.6) is 0 Å². The summed E-state index contributed by atoms with van der Waals surface area (Å²) in [5.74, 6) is -0.584. The summed E-state index contributed by atoms with van der Waals surface area (Å²) < 4.78 is 30.9. The predicted octanol–water partition coefficient (Wildman–Crippen LogP) is 6.66. The fraction of sp³-hybridized carbons (Fsp3) is 0.235. The first-order valence-electron chi connectivity index (χ1n) is 14.2. The van der Waals surface area contributed by atoms with Crippen LogP contribution >= 0.6 is 38.5 Å². The molecule has 1 atom stereocenters. The number of nitrogens with zero attached hydrogens (tertiary/aromatic N) is 2. The molecule has 4 rings (SSSR count). The predicted molar refractivity (Wildman–Crippen MR) is 187 cm³/mol. The van der Waals surface area contributed by atoms with Crippen molar-refractivity contribution in [3.8, 4) is 0 Å². The van der Waals surface area contributed by atoms with Crippen LogP contribution in [0.25, 0.3) is 0 Å². The number of benzene rings is 4. The second-order valence-electron chi connectivity index (χ2n) is 10.8. The molecule has 0 aromatic heterocycles. The van der Waals surface area contributed by atoms with E-state index in [2.05, 4.69) is 43.8 Å². The lowest BCUT2D eigenvalue weighted by atomic mass is 10.0. The number of hydrogen-bond acceptors (Lipinski definition) is 4. The number of halogens is 2. The van der Waals surface area contributed by atoms with Gasteiger partial charge in [-0.1, -0.05) is 90.4 Å². The zero-order valence-electron chi connectivity index (χ0n) is 24.6. The molecule has 0 bridgehead atoms. The molecule has 0 aliphatic heterocycles. The summed E-state index contributed by atoms with van der Waals surface area (Å²) in [7, 11) is -4.13. The van der Waals surface area contributed by atoms with Crippen LogP contribution in [-0.4, -0.2) is 44.3 Å². The summed E-state index contributed by atoms with van der Waals surface area (Å²) in [5, 5.41) is 3.01. The Labute approximate surface area is 282 Å². The van der Waals surface area contributed by atoms with Gasteiger partial charge in [-0.3, -0.25) is 13.9 Å². The van der Waals surface area contributed by atoms with Crippen molar-refractivity contribution in [1.82, 2.24) is 10.2 Å². The first-order valence-corrected chi connectivity index (χ1v) is 17.5. The third-order valence-corrected chi connectivity index (χ3v) is 9.92. The molecule has 0 fully saturated rings. The highest BCUT2D eigenvalue weighted by Gasteiger charge is 2.34. The highest BCUT2D eigenvalue weighted by atomic mass is 127. The Morgan fingerprint density at radius 3 is 2.07 bits per heavy atom. The number of anilines is 1. The molecule has 2 amide bonds. The molecule has 0 aliphatic carbocycles. The molecule has 44 heavy (non-hydrogen) atoms. The summed E-state index contributed by atoms with van der Waals surface area (Å²) in [6.07, 6.45) is 0.263. The Hall–Kier alpha value is -3.22. The Morgan fingerprint density at radius 1 is 0.841 bits per heavy atom. The van der Waals surface area contributed by atoms with Crippen molar-refractivity contribution in [2.45, 2.75) is 37.8 Å². The number of amides is 2. The van der Waals surface area contributed by atoms with Crippen LogP contribution in [0, 0.1) is 9.49 Å². The Morgan fingerprint density at radius 2 is 1.45 bits per heavy atom. The number of rotatable bonds is 13. The molecule has 0 saturated carbocycles. The van der Waals surface area contributed by atoms with Gasteiger partial charge < -0.3 is 10.2 Å². The fourth-order valence-corrected chi connectivity index (χ4v) is 6.91. The first-order chi connectivity index (χ1) is 21.0. The Kier molecular flexibility index (Phi) is 12.0. The van der Waals surface area contributed by atoms with E-state index in [0.717, 1.165) is 23.5 Å². The standard InChI is InChI=1S/C34H35BrIN3O4S/c1-25(2)22-37-34(41)32(21-26-10-5-3-6-11-26)38(23-27-12-9-13-28(35)20-27)33(40)24-39(30-18-16-29(36)17-19-30)44(42,43)31-14-7-4-8-15-31/h3-20,25,32H,21-24H2,1-2H3,(H,37,41). The molecule has 4 aromatic carbocycles. The Balaban J connectivity index is 1.79. The van der Waals surface area contributed by atoms with E-state index >= 15 is 0 Å². The molecular weight excluding hydrogens is 753 g/mol. The van der Waals surface area contributed by atoms with Gasteiger partial charge in [0, 0.05) is 27.6 Å². The van der Waals surface area contributed by atoms with E-state index in [-0.39, 0.29) is 29.7 Å². The van der Waals surface area contributed by atoms with Crippen LogP contribution in [0.2, 0.25) is 0 Å². The summed E-state index contributed by atoms with van der Waals surface area (Å²) in [6, 6.07) is 31.2. The second-order valence-corrected chi connectivity index (χ2v) is 14.8. The highest BCUT2D eigenvalue weighted by molar-refractivity contribution is 14.1. The molecule has 1 unspecified atom stereocenters. The van der Waals surface area contributed by atoms with E-state index in [1.54, 1.807) is 42.5 Å². The van der Waals surface area contributed by atoms with Crippen molar-refractivity contribution in [3.63, 3.8) is 0 Å². The van der Waals surface area contributed by atoms with Gasteiger partial charge in [0.2, 0.25) is 11.8 Å². The van der Waals surface area contributed by atoms with Gasteiger partial charge in [0.05, 0.1) is 10.6 Å². The van der Waals surface area contributed by atoms with E-state index in [1.807, 2.05) is 68.4 Å². The van der Waals surface area contributed by atoms with Crippen LogP contribution in [0.1, 0.15) is 25.0 Å². The lowest BCUT2D eigenvalue weighted by molar-refractivity contribution is -0.140. The van der Waals surface area contributed by atoms with Crippen LogP contribution in [0.15, 0.2) is 119 Å². The minimum absolute atomic E-state index is 0.0698. The lowest BCUT2D eigenvalue weighted by Gasteiger charge is -2.34. The molecule has 0 radical (unpaired) electrons. The van der Waals surface area contributed by atoms with Gasteiger partial charge in [-0.05, 0) is 88.2 Å². The van der Waals surface area contributed by atoms with Crippen molar-refractivity contribution in [3.05, 3.63) is 128 Å². The molecule has 0 spiro atoms. The van der Waals surface area contributed by atoms with Gasteiger partial charge in [-0.15, -0.1) is 0 Å². The van der Waals surface area contributed by atoms with Crippen LogP contribution in [0.4, 0.5) is 5.69 Å². The van der Waals surface area contributed by atoms with Gasteiger partial charge >= 0.3 is 0 Å². The second kappa shape index (κ2) is 15.7. The molecule has 4 aromatic rings. The van der Waals surface area contributed by atoms with Gasteiger partial charge in [-0.2, -0.15) is 0 Å². The van der Waals surface area contributed by atoms with Crippen LogP contribution in [-0.2, 0) is 32.6 Å². The Bertz CT molecular complexity index is 1650. The van der Waals surface area contributed by atoms with Gasteiger partial charge in [-0.25, -0.2) is 8.42 Å². The van der Waals surface area contributed by atoms with Crippen molar-refractivity contribution in [1.29, 1.82) is 0 Å². The molecule has 10 heteroatoms. The minimum atomic E-state index is -4.13. The van der Waals surface area contributed by atoms with E-state index in [1.165, 1.54) is 17.0 Å². The zero-order valence-corrected chi connectivity index (χ0v) is 29.1. The number of hydrogen-bond donors (Lipinski definition) is 1. The molecule has 1 N–H and O–H groups in total. The maximum atomic E-state index is 14.5. The molecule has 0 aliphatic rings. The van der Waals surface area contributed by atoms with Crippen molar-refractivity contribution >= 4 is 66.0 Å². The maximum absolute atomic E-state index is 14.5. The summed E-state index contributed by atoms with van der Waals surface area (Å²) in [5.41, 5.74) is 2.04. The van der Waals surface area contributed by atoms with E-state index < -0.39 is 28.5 Å². The number of sulfonamides is 1. The van der Waals surface area contributed by atoms with Crippen molar-refractivity contribution in [2.24, 2.45) is 5.92 Å². The third-order valence-electron chi connectivity index (χ3n) is 6.92. The largest absolute Gasteiger partial charge is 0.354 e. The maximum Gasteiger partial charge on any atom is 0.264 e. The fourth-order valence-electron chi connectivity index (χ4n) is 4.66. The van der Waals surface area contributed by atoms with E-state index in [4.69, 9.17) is 0 Å². The molecule has 7 nitrogen and oxygen atoms in total. The molecule has 0 saturated heterocycles. The monoisotopic (exact) mass is 787 g/mol. The smallest absolute Gasteiger partial charge is 0.264 e. The SMILES string of the molecule is CC(C)CNC(=O)C(Cc1ccccc1)N(Cc1cccc(Br)c1)C(=O)CN(c1ccc(I)cc1)S(=O)(=O)c1ccccc1. The summed E-state index contributed by atoms with van der Waals surface area (Å²) in [6.45, 7) is 4.07. The topological polar surface area (TPSA) is 86.8 Å². The van der Waals surface area contributed by atoms with Gasteiger partial charge in [0.1, 0.15) is 12.6 Å². The average molecular weight is 789 g/mol. The molecule has 230 valence electrons. The summed E-state index contributed by atoms with van der Waals surface area (Å²) in [4.78, 5) is 29.9. The first kappa shape index (κ1) is 33.7. The minimum Gasteiger partial charge on any atom is -0.354 e. The normalized spacial score (nSPS) is 12.0.